The van der Waals surface area contributed by atoms with Crippen LogP contribution in [0.5, 0.6) is 11.6 Å². The fourth-order valence-electron chi connectivity index (χ4n) is 3.35. The molecule has 0 atom stereocenters. The lowest BCUT2D eigenvalue weighted by molar-refractivity contribution is 0.296. The molecule has 0 amide bonds. The molecule has 2 N–H and O–H groups in total. The van der Waals surface area contributed by atoms with Crippen LogP contribution in [0.3, 0.4) is 0 Å². The highest BCUT2D eigenvalue weighted by Crippen LogP contribution is 2.29. The van der Waals surface area contributed by atoms with Gasteiger partial charge < -0.3 is 9.84 Å². The van der Waals surface area contributed by atoms with Gasteiger partial charge in [0.25, 0.3) is 5.56 Å². The third kappa shape index (κ3) is 4.16. The number of nitrogens with zero attached hydrogens (tertiary/aromatic N) is 2. The van der Waals surface area contributed by atoms with E-state index in [4.69, 9.17) is 4.74 Å². The lowest BCUT2D eigenvalue weighted by Crippen LogP contribution is -2.23. The van der Waals surface area contributed by atoms with E-state index in [1.165, 1.54) is 16.7 Å². The molecule has 0 saturated carbocycles. The molecule has 4 aromatic rings. The number of aryl methyl sites for hydroxylation is 2. The van der Waals surface area contributed by atoms with Crippen molar-refractivity contribution in [2.45, 2.75) is 20.5 Å². The van der Waals surface area contributed by atoms with Crippen LogP contribution >= 0.6 is 15.9 Å². The predicted octanol–water partition coefficient (Wildman–Crippen LogP) is 5.17. The highest BCUT2D eigenvalue weighted by Gasteiger charge is 2.17. The molecule has 0 aliphatic rings. The van der Waals surface area contributed by atoms with Crippen molar-refractivity contribution in [3.8, 4) is 28.6 Å². The van der Waals surface area contributed by atoms with Gasteiger partial charge in [-0.15, -0.1) is 0 Å². The molecule has 2 heterocycles. The molecule has 0 spiro atoms. The average molecular weight is 502 g/mol. The maximum atomic E-state index is 13.9. The molecule has 2 aromatic heterocycles. The number of halogens is 3. The van der Waals surface area contributed by atoms with Crippen LogP contribution in [0.1, 0.15) is 16.8 Å². The first-order valence-corrected chi connectivity index (χ1v) is 10.4. The molecule has 0 aliphatic carbocycles. The minimum absolute atomic E-state index is 0.0580. The molecule has 9 heteroatoms. The van der Waals surface area contributed by atoms with Gasteiger partial charge in [0.1, 0.15) is 28.5 Å². The predicted molar refractivity (Wildman–Crippen MR) is 119 cm³/mol. The molecule has 0 bridgehead atoms. The number of nitrogens with one attached hydrogen (secondary N) is 1. The number of benzene rings is 2. The fraction of sp³-hybridized carbons (Fsp3) is 0.130. The summed E-state index contributed by atoms with van der Waals surface area (Å²) in [5.74, 6) is -1.20. The first kappa shape index (κ1) is 21.8. The van der Waals surface area contributed by atoms with Crippen molar-refractivity contribution in [3.63, 3.8) is 0 Å². The van der Waals surface area contributed by atoms with E-state index in [9.17, 15) is 18.7 Å². The number of hydrogen-bond donors (Lipinski definition) is 2. The standard InChI is InChI=1S/C23H18BrF2N3O3/c1-12-3-4-14(18-10-21(30)28-27-18)8-19(12)29-13(2)7-20(22(24)23(29)31)32-11-15-5-6-16(25)9-17(15)26/h3-10H,11H2,1-2H3,(H2,27,28,30). The van der Waals surface area contributed by atoms with Crippen LogP contribution in [0.4, 0.5) is 8.78 Å². The smallest absolute Gasteiger partial charge is 0.273 e. The van der Waals surface area contributed by atoms with Crippen LogP contribution in [0, 0.1) is 25.5 Å². The van der Waals surface area contributed by atoms with Crippen molar-refractivity contribution in [2.75, 3.05) is 0 Å². The van der Waals surface area contributed by atoms with Crippen LogP contribution < -0.4 is 10.3 Å². The Labute approximate surface area is 190 Å². The third-order valence-electron chi connectivity index (χ3n) is 5.01. The van der Waals surface area contributed by atoms with E-state index < -0.39 is 11.6 Å². The Morgan fingerprint density at radius 3 is 2.59 bits per heavy atom. The number of ether oxygens (including phenoxy) is 1. The molecule has 0 radical (unpaired) electrons. The largest absolute Gasteiger partial charge is 0.494 e. The summed E-state index contributed by atoms with van der Waals surface area (Å²) in [6, 6.07) is 11.9. The van der Waals surface area contributed by atoms with Gasteiger partial charge in [-0.1, -0.05) is 12.1 Å². The second-order valence-electron chi connectivity index (χ2n) is 7.27. The quantitative estimate of drug-likeness (QED) is 0.395. The van der Waals surface area contributed by atoms with E-state index in [0.29, 0.717) is 17.1 Å². The minimum atomic E-state index is -0.719. The third-order valence-corrected chi connectivity index (χ3v) is 5.74. The van der Waals surface area contributed by atoms with Crippen LogP contribution in [-0.4, -0.2) is 19.9 Å². The zero-order chi connectivity index (χ0) is 23.0. The SMILES string of the molecule is Cc1ccc(-c2cc(O)[nH]n2)cc1-n1c(C)cc(OCc2ccc(F)cc2F)c(Br)c1=O. The number of aromatic hydroxyl groups is 1. The van der Waals surface area contributed by atoms with Crippen molar-refractivity contribution in [1.29, 1.82) is 0 Å². The van der Waals surface area contributed by atoms with E-state index in [1.54, 1.807) is 19.1 Å². The maximum absolute atomic E-state index is 13.9. The van der Waals surface area contributed by atoms with Gasteiger partial charge >= 0.3 is 0 Å². The van der Waals surface area contributed by atoms with Crippen molar-refractivity contribution in [3.05, 3.63) is 91.8 Å². The molecule has 0 saturated heterocycles. The zero-order valence-corrected chi connectivity index (χ0v) is 18.7. The summed E-state index contributed by atoms with van der Waals surface area (Å²) in [5.41, 5.74) is 3.16. The topological polar surface area (TPSA) is 80.1 Å². The second kappa shape index (κ2) is 8.58. The Kier molecular flexibility index (Phi) is 5.84. The van der Waals surface area contributed by atoms with Gasteiger partial charge in [0.15, 0.2) is 0 Å². The number of hydrogen-bond acceptors (Lipinski definition) is 4. The van der Waals surface area contributed by atoms with Crippen LogP contribution in [0.25, 0.3) is 16.9 Å². The summed E-state index contributed by atoms with van der Waals surface area (Å²) in [4.78, 5) is 13.2. The summed E-state index contributed by atoms with van der Waals surface area (Å²) < 4.78 is 34.4. The van der Waals surface area contributed by atoms with Gasteiger partial charge in [-0.25, -0.2) is 13.9 Å². The van der Waals surface area contributed by atoms with Crippen molar-refractivity contribution >= 4 is 15.9 Å². The van der Waals surface area contributed by atoms with E-state index in [0.717, 1.165) is 23.3 Å². The van der Waals surface area contributed by atoms with Crippen LogP contribution in [0.15, 0.2) is 57.8 Å². The Hall–Kier alpha value is -3.46. The summed E-state index contributed by atoms with van der Waals surface area (Å²) in [5, 5.41) is 16.1. The molecule has 32 heavy (non-hydrogen) atoms. The Morgan fingerprint density at radius 1 is 1.12 bits per heavy atom. The highest BCUT2D eigenvalue weighted by atomic mass is 79.9. The molecule has 0 unspecified atom stereocenters. The highest BCUT2D eigenvalue weighted by molar-refractivity contribution is 9.10. The fourth-order valence-corrected chi connectivity index (χ4v) is 3.76. The summed E-state index contributed by atoms with van der Waals surface area (Å²) in [7, 11) is 0. The van der Waals surface area contributed by atoms with Gasteiger partial charge in [0, 0.05) is 35.0 Å². The Bertz CT molecular complexity index is 1380. The maximum Gasteiger partial charge on any atom is 0.273 e. The van der Waals surface area contributed by atoms with E-state index >= 15 is 0 Å². The monoisotopic (exact) mass is 501 g/mol. The van der Waals surface area contributed by atoms with E-state index in [-0.39, 0.29) is 33.8 Å². The molecular weight excluding hydrogens is 484 g/mol. The number of aromatic nitrogens is 3. The van der Waals surface area contributed by atoms with Gasteiger partial charge in [0.2, 0.25) is 5.88 Å². The number of rotatable bonds is 5. The lowest BCUT2D eigenvalue weighted by Gasteiger charge is -2.17. The molecule has 0 fully saturated rings. The van der Waals surface area contributed by atoms with Crippen molar-refractivity contribution in [2.24, 2.45) is 0 Å². The van der Waals surface area contributed by atoms with E-state index in [2.05, 4.69) is 26.1 Å². The number of aromatic amines is 1. The number of H-pyrrole nitrogens is 1. The van der Waals surface area contributed by atoms with Gasteiger partial charge in [-0.05, 0) is 53.5 Å². The Morgan fingerprint density at radius 2 is 1.91 bits per heavy atom. The van der Waals surface area contributed by atoms with Gasteiger partial charge in [-0.2, -0.15) is 5.10 Å². The lowest BCUT2D eigenvalue weighted by atomic mass is 10.1. The summed E-state index contributed by atoms with van der Waals surface area (Å²) in [6.45, 7) is 3.47. The number of pyridine rings is 1. The normalized spacial score (nSPS) is 11.0. The first-order valence-electron chi connectivity index (χ1n) is 9.59. The molecule has 0 aliphatic heterocycles. The molecule has 6 nitrogen and oxygen atoms in total. The minimum Gasteiger partial charge on any atom is -0.494 e. The summed E-state index contributed by atoms with van der Waals surface area (Å²) >= 11 is 3.30. The Balaban J connectivity index is 1.71. The van der Waals surface area contributed by atoms with Crippen molar-refractivity contribution in [1.82, 2.24) is 14.8 Å². The van der Waals surface area contributed by atoms with Gasteiger partial charge in [0.05, 0.1) is 11.4 Å². The summed E-state index contributed by atoms with van der Waals surface area (Å²) in [6.07, 6.45) is 0. The van der Waals surface area contributed by atoms with Crippen LogP contribution in [0.2, 0.25) is 0 Å². The van der Waals surface area contributed by atoms with E-state index in [1.807, 2.05) is 19.1 Å². The van der Waals surface area contributed by atoms with Gasteiger partial charge in [-0.3, -0.25) is 9.36 Å². The van der Waals surface area contributed by atoms with Crippen molar-refractivity contribution < 1.29 is 18.6 Å². The first-order chi connectivity index (χ1) is 15.2. The molecule has 4 rings (SSSR count). The zero-order valence-electron chi connectivity index (χ0n) is 17.1. The second-order valence-corrected chi connectivity index (χ2v) is 8.06. The van der Waals surface area contributed by atoms with Crippen LogP contribution in [-0.2, 0) is 6.61 Å². The molecule has 2 aromatic carbocycles. The molecular formula is C23H18BrF2N3O3. The average Bonchev–Trinajstić information content (AvgIpc) is 3.18. The molecule has 164 valence electrons.